The van der Waals surface area contributed by atoms with E-state index in [0.717, 1.165) is 17.9 Å². The van der Waals surface area contributed by atoms with Gasteiger partial charge in [-0.1, -0.05) is 50.3 Å². The highest BCUT2D eigenvalue weighted by Gasteiger charge is 2.57. The molecule has 1 N–H and O–H groups in total. The molecule has 0 saturated carbocycles. The standard InChI is InChI=1S/C22H24N2O2/c1-21(2)18-6-4-5-7-19(18)24-15-13-20(25)23-22(21,24)14-12-16-8-10-17(26-3)11-9-16/h4-12,14H,13,15H2,1-3H3,(H,23,25). The summed E-state index contributed by atoms with van der Waals surface area (Å²) in [6, 6.07) is 16.4. The second-order valence-electron chi connectivity index (χ2n) is 7.46. The Morgan fingerprint density at radius 1 is 1.12 bits per heavy atom. The third-order valence-electron chi connectivity index (χ3n) is 5.77. The van der Waals surface area contributed by atoms with Crippen molar-refractivity contribution in [3.63, 3.8) is 0 Å². The van der Waals surface area contributed by atoms with Crippen LogP contribution in [0, 0.1) is 0 Å². The molecule has 1 fully saturated rings. The van der Waals surface area contributed by atoms with E-state index < -0.39 is 5.66 Å². The highest BCUT2D eigenvalue weighted by molar-refractivity contribution is 5.84. The van der Waals surface area contributed by atoms with Crippen molar-refractivity contribution in [1.29, 1.82) is 0 Å². The maximum atomic E-state index is 12.4. The highest BCUT2D eigenvalue weighted by Crippen LogP contribution is 2.52. The molecule has 1 saturated heterocycles. The zero-order chi connectivity index (χ0) is 18.4. The van der Waals surface area contributed by atoms with Crippen molar-refractivity contribution in [3.8, 4) is 5.75 Å². The van der Waals surface area contributed by atoms with E-state index in [9.17, 15) is 4.79 Å². The summed E-state index contributed by atoms with van der Waals surface area (Å²) < 4.78 is 5.23. The number of hydrogen-bond acceptors (Lipinski definition) is 3. The summed E-state index contributed by atoms with van der Waals surface area (Å²) in [4.78, 5) is 14.7. The van der Waals surface area contributed by atoms with Gasteiger partial charge < -0.3 is 15.0 Å². The average Bonchev–Trinajstić information content (AvgIpc) is 2.85. The first kappa shape index (κ1) is 16.7. The summed E-state index contributed by atoms with van der Waals surface area (Å²) in [5.41, 5.74) is 2.74. The molecule has 4 rings (SSSR count). The van der Waals surface area contributed by atoms with Gasteiger partial charge in [0.1, 0.15) is 11.4 Å². The minimum absolute atomic E-state index is 0.0986. The normalized spacial score (nSPS) is 23.5. The fourth-order valence-electron chi connectivity index (χ4n) is 4.25. The molecule has 0 aliphatic carbocycles. The number of nitrogens with zero attached hydrogens (tertiary/aromatic N) is 1. The van der Waals surface area contributed by atoms with Gasteiger partial charge >= 0.3 is 0 Å². The maximum absolute atomic E-state index is 12.4. The number of amides is 1. The van der Waals surface area contributed by atoms with Crippen LogP contribution >= 0.6 is 0 Å². The Morgan fingerprint density at radius 3 is 2.58 bits per heavy atom. The van der Waals surface area contributed by atoms with Gasteiger partial charge in [-0.2, -0.15) is 0 Å². The van der Waals surface area contributed by atoms with Gasteiger partial charge in [-0.05, 0) is 35.4 Å². The largest absolute Gasteiger partial charge is 0.497 e. The average molecular weight is 348 g/mol. The number of para-hydroxylation sites is 1. The molecule has 0 spiro atoms. The van der Waals surface area contributed by atoms with Crippen molar-refractivity contribution >= 4 is 17.7 Å². The van der Waals surface area contributed by atoms with Gasteiger partial charge in [-0.25, -0.2) is 0 Å². The first-order valence-electron chi connectivity index (χ1n) is 8.99. The minimum Gasteiger partial charge on any atom is -0.497 e. The van der Waals surface area contributed by atoms with Crippen LogP contribution in [0.15, 0.2) is 54.6 Å². The third-order valence-corrected chi connectivity index (χ3v) is 5.77. The summed E-state index contributed by atoms with van der Waals surface area (Å²) in [6.07, 6.45) is 4.75. The Balaban J connectivity index is 1.79. The van der Waals surface area contributed by atoms with Crippen molar-refractivity contribution < 1.29 is 9.53 Å². The predicted molar refractivity (Wildman–Crippen MR) is 104 cm³/mol. The minimum atomic E-state index is -0.564. The van der Waals surface area contributed by atoms with Crippen LogP contribution in [-0.4, -0.2) is 25.2 Å². The van der Waals surface area contributed by atoms with Gasteiger partial charge in [0, 0.05) is 24.1 Å². The van der Waals surface area contributed by atoms with E-state index in [4.69, 9.17) is 4.74 Å². The molecule has 2 aromatic rings. The molecule has 4 heteroatoms. The molecule has 1 unspecified atom stereocenters. The van der Waals surface area contributed by atoms with Crippen LogP contribution in [0.2, 0.25) is 0 Å². The Hall–Kier alpha value is -2.75. The molecule has 0 aromatic heterocycles. The number of benzene rings is 2. The third kappa shape index (κ3) is 2.32. The number of carbonyl (C=O) groups excluding carboxylic acids is 1. The lowest BCUT2D eigenvalue weighted by Gasteiger charge is -2.49. The number of fused-ring (bicyclic) bond motifs is 3. The van der Waals surface area contributed by atoms with Crippen LogP contribution in [0.1, 0.15) is 31.4 Å². The van der Waals surface area contributed by atoms with Crippen molar-refractivity contribution in [2.45, 2.75) is 31.3 Å². The topological polar surface area (TPSA) is 41.6 Å². The number of methoxy groups -OCH3 is 1. The van der Waals surface area contributed by atoms with Gasteiger partial charge in [-0.3, -0.25) is 4.79 Å². The Morgan fingerprint density at radius 2 is 1.85 bits per heavy atom. The summed E-state index contributed by atoms with van der Waals surface area (Å²) in [7, 11) is 1.66. The SMILES string of the molecule is COc1ccc(C=CC23NC(=O)CCN2c2ccccc2C3(C)C)cc1. The van der Waals surface area contributed by atoms with Crippen LogP contribution in [0.3, 0.4) is 0 Å². The lowest BCUT2D eigenvalue weighted by molar-refractivity contribution is -0.124. The van der Waals surface area contributed by atoms with Crippen molar-refractivity contribution in [1.82, 2.24) is 5.32 Å². The Bertz CT molecular complexity index is 870. The molecule has 26 heavy (non-hydrogen) atoms. The Labute approximate surface area is 154 Å². The fraction of sp³-hybridized carbons (Fsp3) is 0.318. The molecule has 2 aliphatic heterocycles. The van der Waals surface area contributed by atoms with E-state index in [1.165, 1.54) is 11.3 Å². The smallest absolute Gasteiger partial charge is 0.223 e. The van der Waals surface area contributed by atoms with Gasteiger partial charge in [0.15, 0.2) is 0 Å². The molecule has 1 atom stereocenters. The van der Waals surface area contributed by atoms with Gasteiger partial charge in [0.25, 0.3) is 0 Å². The van der Waals surface area contributed by atoms with Gasteiger partial charge in [0.05, 0.1) is 7.11 Å². The number of hydrogen-bond donors (Lipinski definition) is 1. The summed E-state index contributed by atoms with van der Waals surface area (Å²) in [6.45, 7) is 5.13. The van der Waals surface area contributed by atoms with E-state index in [1.807, 2.05) is 24.3 Å². The lowest BCUT2D eigenvalue weighted by atomic mass is 9.74. The summed E-state index contributed by atoms with van der Waals surface area (Å²) in [5.74, 6) is 0.933. The molecule has 4 nitrogen and oxygen atoms in total. The first-order chi connectivity index (χ1) is 12.5. The molecule has 1 amide bonds. The van der Waals surface area contributed by atoms with Crippen molar-refractivity contribution in [3.05, 3.63) is 65.7 Å². The molecule has 2 aliphatic rings. The van der Waals surface area contributed by atoms with Crippen molar-refractivity contribution in [2.75, 3.05) is 18.6 Å². The van der Waals surface area contributed by atoms with Crippen molar-refractivity contribution in [2.24, 2.45) is 0 Å². The molecule has 0 radical (unpaired) electrons. The van der Waals surface area contributed by atoms with Crippen LogP contribution in [-0.2, 0) is 10.2 Å². The van der Waals surface area contributed by atoms with Crippen LogP contribution in [0.25, 0.3) is 6.08 Å². The molecular weight excluding hydrogens is 324 g/mol. The summed E-state index contributed by atoms with van der Waals surface area (Å²) >= 11 is 0. The quantitative estimate of drug-likeness (QED) is 0.919. The highest BCUT2D eigenvalue weighted by atomic mass is 16.5. The molecule has 0 bridgehead atoms. The predicted octanol–water partition coefficient (Wildman–Crippen LogP) is 3.72. The zero-order valence-corrected chi connectivity index (χ0v) is 15.5. The zero-order valence-electron chi connectivity index (χ0n) is 15.5. The maximum Gasteiger partial charge on any atom is 0.223 e. The van der Waals surface area contributed by atoms with Gasteiger partial charge in [-0.15, -0.1) is 0 Å². The second-order valence-corrected chi connectivity index (χ2v) is 7.46. The Kier molecular flexibility index (Phi) is 3.79. The van der Waals surface area contributed by atoms with E-state index >= 15 is 0 Å². The number of rotatable bonds is 3. The lowest BCUT2D eigenvalue weighted by Crippen LogP contribution is -2.68. The second kappa shape index (κ2) is 5.90. The monoisotopic (exact) mass is 348 g/mol. The van der Waals surface area contributed by atoms with E-state index in [0.29, 0.717) is 6.42 Å². The molecule has 2 aromatic carbocycles. The van der Waals surface area contributed by atoms with Crippen LogP contribution in [0.4, 0.5) is 5.69 Å². The summed E-state index contributed by atoms with van der Waals surface area (Å²) in [5, 5.41) is 3.30. The van der Waals surface area contributed by atoms with E-state index in [2.05, 4.69) is 60.5 Å². The van der Waals surface area contributed by atoms with Crippen LogP contribution < -0.4 is 15.0 Å². The number of ether oxygens (including phenoxy) is 1. The van der Waals surface area contributed by atoms with E-state index in [-0.39, 0.29) is 11.3 Å². The fourth-order valence-corrected chi connectivity index (χ4v) is 4.25. The number of anilines is 1. The first-order valence-corrected chi connectivity index (χ1v) is 8.99. The number of nitrogens with one attached hydrogen (secondary N) is 1. The number of carbonyl (C=O) groups is 1. The van der Waals surface area contributed by atoms with E-state index in [1.54, 1.807) is 7.11 Å². The van der Waals surface area contributed by atoms with Crippen LogP contribution in [0.5, 0.6) is 5.75 Å². The van der Waals surface area contributed by atoms with Gasteiger partial charge in [0.2, 0.25) is 5.91 Å². The molecular formula is C22H24N2O2. The molecule has 134 valence electrons. The molecule has 2 heterocycles.